The molecular weight excluding hydrogens is 318 g/mol. The number of benzene rings is 1. The van der Waals surface area contributed by atoms with Crippen molar-refractivity contribution < 1.29 is 19.1 Å². The lowest BCUT2D eigenvalue weighted by atomic mass is 9.83. The summed E-state index contributed by atoms with van der Waals surface area (Å²) in [5, 5.41) is 0. The molecule has 0 aliphatic heterocycles. The predicted octanol–water partition coefficient (Wildman–Crippen LogP) is 3.10. The van der Waals surface area contributed by atoms with Crippen LogP contribution in [0.25, 0.3) is 0 Å². The fourth-order valence-corrected chi connectivity index (χ4v) is 2.38. The molecule has 0 bridgehead atoms. The van der Waals surface area contributed by atoms with Gasteiger partial charge in [0.2, 0.25) is 0 Å². The number of aldehydes is 1. The van der Waals surface area contributed by atoms with E-state index in [1.807, 2.05) is 44.2 Å². The van der Waals surface area contributed by atoms with Crippen molar-refractivity contribution >= 4 is 12.3 Å². The van der Waals surface area contributed by atoms with Gasteiger partial charge < -0.3 is 20.0 Å². The summed E-state index contributed by atoms with van der Waals surface area (Å²) in [5.74, 6) is -0.517. The van der Waals surface area contributed by atoms with E-state index in [4.69, 9.17) is 15.2 Å². The highest BCUT2D eigenvalue weighted by Gasteiger charge is 2.40. The van der Waals surface area contributed by atoms with Crippen molar-refractivity contribution in [2.75, 3.05) is 6.61 Å². The van der Waals surface area contributed by atoms with E-state index in [9.17, 15) is 9.59 Å². The van der Waals surface area contributed by atoms with Gasteiger partial charge in [0.1, 0.15) is 5.60 Å². The summed E-state index contributed by atoms with van der Waals surface area (Å²) in [6, 6.07) is 9.85. The Kier molecular flexibility index (Phi) is 7.77. The highest BCUT2D eigenvalue weighted by molar-refractivity contribution is 5.98. The first-order chi connectivity index (χ1) is 11.6. The average Bonchev–Trinajstić information content (AvgIpc) is 2.53. The molecule has 2 atom stereocenters. The van der Waals surface area contributed by atoms with E-state index >= 15 is 0 Å². The lowest BCUT2D eigenvalue weighted by Crippen LogP contribution is -2.54. The normalized spacial score (nSPS) is 15.5. The molecule has 0 aromatic heterocycles. The molecular formula is C20H31NO4. The molecule has 0 amide bonds. The molecule has 1 aromatic carbocycles. The third kappa shape index (κ3) is 7.36. The Morgan fingerprint density at radius 2 is 1.80 bits per heavy atom. The van der Waals surface area contributed by atoms with Crippen LogP contribution in [-0.2, 0) is 25.7 Å². The number of carbonyl (C=O) groups is 2. The number of hydrogen-bond donors (Lipinski definition) is 1. The zero-order chi connectivity index (χ0) is 19.1. The zero-order valence-corrected chi connectivity index (χ0v) is 16.0. The second kappa shape index (κ2) is 9.11. The monoisotopic (exact) mass is 349 g/mol. The summed E-state index contributed by atoms with van der Waals surface area (Å²) >= 11 is 0. The van der Waals surface area contributed by atoms with Gasteiger partial charge in [0.15, 0.2) is 11.8 Å². The molecule has 5 heteroatoms. The first-order valence-electron chi connectivity index (χ1n) is 8.68. The lowest BCUT2D eigenvalue weighted by Gasteiger charge is -2.31. The maximum Gasteiger partial charge on any atom is 0.334 e. The first kappa shape index (κ1) is 21.3. The maximum absolute atomic E-state index is 12.3. The third-order valence-electron chi connectivity index (χ3n) is 3.98. The molecule has 0 saturated heterocycles. The number of nitrogens with two attached hydrogens (primary N) is 1. The second-order valence-corrected chi connectivity index (χ2v) is 7.87. The predicted molar refractivity (Wildman–Crippen MR) is 97.9 cm³/mol. The minimum atomic E-state index is -1.65. The SMILES string of the molecule is CC(C)C(COCc1ccccc1)CC(N)(C=O)C(=O)OC(C)(C)C. The molecule has 2 N–H and O–H groups in total. The first-order valence-corrected chi connectivity index (χ1v) is 8.68. The molecule has 140 valence electrons. The van der Waals surface area contributed by atoms with Crippen LogP contribution in [0.15, 0.2) is 30.3 Å². The summed E-state index contributed by atoms with van der Waals surface area (Å²) in [4.78, 5) is 23.9. The highest BCUT2D eigenvalue weighted by atomic mass is 16.6. The number of ether oxygens (including phenoxy) is 2. The van der Waals surface area contributed by atoms with Crippen LogP contribution in [0.5, 0.6) is 0 Å². The molecule has 0 heterocycles. The molecule has 0 aliphatic rings. The van der Waals surface area contributed by atoms with Crippen molar-refractivity contribution in [3.63, 3.8) is 0 Å². The Balaban J connectivity index is 2.70. The summed E-state index contributed by atoms with van der Waals surface area (Å²) in [6.45, 7) is 10.2. The largest absolute Gasteiger partial charge is 0.458 e. The van der Waals surface area contributed by atoms with Crippen LogP contribution < -0.4 is 5.73 Å². The van der Waals surface area contributed by atoms with Crippen LogP contribution in [0.1, 0.15) is 46.6 Å². The van der Waals surface area contributed by atoms with Gasteiger partial charge in [-0.3, -0.25) is 0 Å². The Morgan fingerprint density at radius 1 is 1.20 bits per heavy atom. The van der Waals surface area contributed by atoms with E-state index in [1.54, 1.807) is 20.8 Å². The lowest BCUT2D eigenvalue weighted by molar-refractivity contribution is -0.163. The van der Waals surface area contributed by atoms with E-state index in [1.165, 1.54) is 0 Å². The quantitative estimate of drug-likeness (QED) is 0.421. The van der Waals surface area contributed by atoms with Crippen LogP contribution in [0.3, 0.4) is 0 Å². The fourth-order valence-electron chi connectivity index (χ4n) is 2.38. The van der Waals surface area contributed by atoms with E-state index < -0.39 is 17.1 Å². The van der Waals surface area contributed by atoms with Crippen molar-refractivity contribution in [2.24, 2.45) is 17.6 Å². The molecule has 1 rings (SSSR count). The van der Waals surface area contributed by atoms with E-state index in [2.05, 4.69) is 0 Å². The van der Waals surface area contributed by atoms with Gasteiger partial charge in [-0.1, -0.05) is 44.2 Å². The zero-order valence-electron chi connectivity index (χ0n) is 16.0. The molecule has 2 unspecified atom stereocenters. The van der Waals surface area contributed by atoms with Crippen LogP contribution in [0.4, 0.5) is 0 Å². The minimum absolute atomic E-state index is 0.0357. The van der Waals surface area contributed by atoms with Crippen LogP contribution in [0, 0.1) is 11.8 Å². The summed E-state index contributed by atoms with van der Waals surface area (Å²) in [6.07, 6.45) is 0.686. The topological polar surface area (TPSA) is 78.6 Å². The Bertz CT molecular complexity index is 551. The molecule has 25 heavy (non-hydrogen) atoms. The van der Waals surface area contributed by atoms with Gasteiger partial charge >= 0.3 is 5.97 Å². The Labute approximate surface area is 150 Å². The smallest absolute Gasteiger partial charge is 0.334 e. The highest BCUT2D eigenvalue weighted by Crippen LogP contribution is 2.24. The fraction of sp³-hybridized carbons (Fsp3) is 0.600. The summed E-state index contributed by atoms with van der Waals surface area (Å²) < 4.78 is 11.1. The minimum Gasteiger partial charge on any atom is -0.458 e. The summed E-state index contributed by atoms with van der Waals surface area (Å²) in [5.41, 5.74) is 4.80. The number of carbonyl (C=O) groups excluding carboxylic acids is 2. The molecule has 0 fully saturated rings. The van der Waals surface area contributed by atoms with Gasteiger partial charge in [0.05, 0.1) is 13.2 Å². The van der Waals surface area contributed by atoms with Gasteiger partial charge in [0.25, 0.3) is 0 Å². The summed E-state index contributed by atoms with van der Waals surface area (Å²) in [7, 11) is 0. The van der Waals surface area contributed by atoms with Crippen molar-refractivity contribution in [2.45, 2.75) is 58.8 Å². The van der Waals surface area contributed by atoms with Gasteiger partial charge in [-0.25, -0.2) is 4.79 Å². The third-order valence-corrected chi connectivity index (χ3v) is 3.98. The van der Waals surface area contributed by atoms with Crippen molar-refractivity contribution in [3.8, 4) is 0 Å². The van der Waals surface area contributed by atoms with Crippen LogP contribution in [-0.4, -0.2) is 30.0 Å². The van der Waals surface area contributed by atoms with Crippen molar-refractivity contribution in [1.82, 2.24) is 0 Å². The van der Waals surface area contributed by atoms with E-state index in [0.29, 0.717) is 19.5 Å². The average molecular weight is 349 g/mol. The molecule has 0 saturated carbocycles. The van der Waals surface area contributed by atoms with Gasteiger partial charge in [-0.15, -0.1) is 0 Å². The maximum atomic E-state index is 12.3. The Morgan fingerprint density at radius 3 is 2.28 bits per heavy atom. The molecule has 5 nitrogen and oxygen atoms in total. The number of rotatable bonds is 9. The van der Waals surface area contributed by atoms with Crippen LogP contribution >= 0.6 is 0 Å². The van der Waals surface area contributed by atoms with Crippen molar-refractivity contribution in [3.05, 3.63) is 35.9 Å². The van der Waals surface area contributed by atoms with Gasteiger partial charge in [-0.2, -0.15) is 0 Å². The molecule has 0 spiro atoms. The standard InChI is InChI=1S/C20H31NO4/c1-15(2)17(13-24-12-16-9-7-6-8-10-16)11-20(21,14-22)18(23)25-19(3,4)5/h6-10,14-15,17H,11-13,21H2,1-5H3. The number of esters is 1. The Hall–Kier alpha value is -1.72. The molecule has 0 aliphatic carbocycles. The molecule has 0 radical (unpaired) electrons. The molecule has 1 aromatic rings. The van der Waals surface area contributed by atoms with Crippen LogP contribution in [0.2, 0.25) is 0 Å². The van der Waals surface area contributed by atoms with Gasteiger partial charge in [0, 0.05) is 0 Å². The van der Waals surface area contributed by atoms with Gasteiger partial charge in [-0.05, 0) is 44.6 Å². The van der Waals surface area contributed by atoms with E-state index in [0.717, 1.165) is 5.56 Å². The van der Waals surface area contributed by atoms with Crippen molar-refractivity contribution in [1.29, 1.82) is 0 Å². The second-order valence-electron chi connectivity index (χ2n) is 7.87. The number of hydrogen-bond acceptors (Lipinski definition) is 5. The van der Waals surface area contributed by atoms with E-state index in [-0.39, 0.29) is 18.3 Å².